The number of fused-ring (bicyclic) bond motifs is 1. The Balaban J connectivity index is 1.86. The number of amides is 1. The summed E-state index contributed by atoms with van der Waals surface area (Å²) in [7, 11) is 0. The number of likely N-dealkylation sites (N-methyl/N-ethyl adjacent to an activating group) is 1. The molecule has 0 spiro atoms. The topological polar surface area (TPSA) is 36.1 Å². The molecule has 0 aliphatic heterocycles. The monoisotopic (exact) mass is 296 g/mol. The molecule has 3 aromatic rings. The minimum atomic E-state index is -0.285. The van der Waals surface area contributed by atoms with E-state index in [0.717, 1.165) is 16.6 Å². The summed E-state index contributed by atoms with van der Waals surface area (Å²) in [5.41, 5.74) is 2.49. The summed E-state index contributed by atoms with van der Waals surface area (Å²) < 4.78 is 13.2. The number of rotatable bonds is 4. The lowest BCUT2D eigenvalue weighted by atomic mass is 10.1. The second kappa shape index (κ2) is 6.02. The second-order valence-corrected chi connectivity index (χ2v) is 5.15. The van der Waals surface area contributed by atoms with Crippen LogP contribution in [0.3, 0.4) is 0 Å². The van der Waals surface area contributed by atoms with Crippen LogP contribution in [0, 0.1) is 5.82 Å². The van der Waals surface area contributed by atoms with Gasteiger partial charge in [-0.25, -0.2) is 4.39 Å². The van der Waals surface area contributed by atoms with Crippen LogP contribution < -0.4 is 4.90 Å². The van der Waals surface area contributed by atoms with Crippen molar-refractivity contribution in [3.05, 3.63) is 66.1 Å². The van der Waals surface area contributed by atoms with E-state index in [1.54, 1.807) is 17.2 Å². The van der Waals surface area contributed by atoms with E-state index in [1.165, 1.54) is 12.1 Å². The highest BCUT2D eigenvalue weighted by molar-refractivity contribution is 5.97. The van der Waals surface area contributed by atoms with E-state index in [4.69, 9.17) is 0 Å². The van der Waals surface area contributed by atoms with Gasteiger partial charge in [-0.05, 0) is 42.8 Å². The predicted molar refractivity (Wildman–Crippen MR) is 86.4 cm³/mol. The number of para-hydroxylation sites is 1. The number of carbonyl (C=O) groups excluding carboxylic acids is 1. The van der Waals surface area contributed by atoms with Crippen LogP contribution in [0.4, 0.5) is 10.1 Å². The van der Waals surface area contributed by atoms with Gasteiger partial charge >= 0.3 is 0 Å². The molecule has 0 saturated carbocycles. The fourth-order valence-electron chi connectivity index (χ4n) is 2.67. The van der Waals surface area contributed by atoms with E-state index in [0.29, 0.717) is 12.1 Å². The highest BCUT2D eigenvalue weighted by Gasteiger charge is 2.16. The maximum Gasteiger partial charge on any atom is 0.231 e. The molecule has 3 nitrogen and oxygen atoms in total. The highest BCUT2D eigenvalue weighted by atomic mass is 19.1. The van der Waals surface area contributed by atoms with E-state index in [1.807, 2.05) is 37.3 Å². The van der Waals surface area contributed by atoms with Crippen molar-refractivity contribution in [1.29, 1.82) is 0 Å². The van der Waals surface area contributed by atoms with Crippen LogP contribution >= 0.6 is 0 Å². The number of hydrogen-bond donors (Lipinski definition) is 1. The van der Waals surface area contributed by atoms with E-state index >= 15 is 0 Å². The van der Waals surface area contributed by atoms with Crippen molar-refractivity contribution in [2.24, 2.45) is 0 Å². The van der Waals surface area contributed by atoms with Gasteiger partial charge in [0, 0.05) is 29.3 Å². The number of anilines is 1. The van der Waals surface area contributed by atoms with Gasteiger partial charge in [-0.2, -0.15) is 0 Å². The van der Waals surface area contributed by atoms with E-state index in [-0.39, 0.29) is 18.1 Å². The lowest BCUT2D eigenvalue weighted by Crippen LogP contribution is -2.31. The van der Waals surface area contributed by atoms with Gasteiger partial charge < -0.3 is 9.88 Å². The number of nitrogens with zero attached hydrogens (tertiary/aromatic N) is 1. The average Bonchev–Trinajstić information content (AvgIpc) is 2.91. The van der Waals surface area contributed by atoms with Crippen molar-refractivity contribution >= 4 is 22.5 Å². The normalized spacial score (nSPS) is 10.8. The molecule has 112 valence electrons. The maximum absolute atomic E-state index is 13.2. The summed E-state index contributed by atoms with van der Waals surface area (Å²) in [6, 6.07) is 14.2. The van der Waals surface area contributed by atoms with Gasteiger partial charge in [0.15, 0.2) is 0 Å². The quantitative estimate of drug-likeness (QED) is 0.778. The molecule has 0 radical (unpaired) electrons. The molecule has 0 aliphatic carbocycles. The lowest BCUT2D eigenvalue weighted by Gasteiger charge is -2.20. The minimum absolute atomic E-state index is 0.0268. The highest BCUT2D eigenvalue weighted by Crippen LogP contribution is 2.21. The molecule has 0 saturated heterocycles. The number of halogens is 1. The van der Waals surface area contributed by atoms with Gasteiger partial charge in [0.05, 0.1) is 6.42 Å². The molecular weight excluding hydrogens is 279 g/mol. The summed E-state index contributed by atoms with van der Waals surface area (Å²) in [6.45, 7) is 2.56. The number of nitrogens with one attached hydrogen (secondary N) is 1. The third-order valence-corrected chi connectivity index (χ3v) is 3.76. The third-order valence-electron chi connectivity index (χ3n) is 3.76. The van der Waals surface area contributed by atoms with Crippen molar-refractivity contribution < 1.29 is 9.18 Å². The molecule has 1 amide bonds. The smallest absolute Gasteiger partial charge is 0.231 e. The third kappa shape index (κ3) is 2.72. The van der Waals surface area contributed by atoms with Crippen molar-refractivity contribution in [3.8, 4) is 0 Å². The Kier molecular flexibility index (Phi) is 3.92. The Labute approximate surface area is 128 Å². The van der Waals surface area contributed by atoms with Crippen molar-refractivity contribution in [1.82, 2.24) is 4.98 Å². The molecule has 2 aromatic carbocycles. The summed E-state index contributed by atoms with van der Waals surface area (Å²) in [6.07, 6.45) is 2.06. The minimum Gasteiger partial charge on any atom is -0.361 e. The van der Waals surface area contributed by atoms with E-state index < -0.39 is 0 Å². The Morgan fingerprint density at radius 1 is 1.18 bits per heavy atom. The van der Waals surface area contributed by atoms with Gasteiger partial charge in [0.2, 0.25) is 5.91 Å². The average molecular weight is 296 g/mol. The summed E-state index contributed by atoms with van der Waals surface area (Å²) in [5.74, 6) is -0.259. The molecule has 0 bridgehead atoms. The summed E-state index contributed by atoms with van der Waals surface area (Å²) >= 11 is 0. The zero-order chi connectivity index (χ0) is 15.5. The molecule has 0 fully saturated rings. The van der Waals surface area contributed by atoms with Crippen LogP contribution in [0.5, 0.6) is 0 Å². The maximum atomic E-state index is 13.2. The number of aromatic amines is 1. The van der Waals surface area contributed by atoms with Crippen LogP contribution in [-0.2, 0) is 11.2 Å². The van der Waals surface area contributed by atoms with Crippen LogP contribution in [0.1, 0.15) is 12.5 Å². The molecule has 1 heterocycles. The molecule has 22 heavy (non-hydrogen) atoms. The van der Waals surface area contributed by atoms with E-state index in [9.17, 15) is 9.18 Å². The Bertz CT molecular complexity index is 795. The largest absolute Gasteiger partial charge is 0.361 e. The SMILES string of the molecule is CCN(C(=O)Cc1c[nH]c2cc(F)ccc12)c1ccccc1. The summed E-state index contributed by atoms with van der Waals surface area (Å²) in [5, 5.41) is 0.888. The first-order valence-corrected chi connectivity index (χ1v) is 7.30. The zero-order valence-corrected chi connectivity index (χ0v) is 12.3. The Morgan fingerprint density at radius 2 is 1.95 bits per heavy atom. The van der Waals surface area contributed by atoms with Gasteiger partial charge in [-0.15, -0.1) is 0 Å². The van der Waals surface area contributed by atoms with Crippen LogP contribution in [-0.4, -0.2) is 17.4 Å². The number of aromatic nitrogens is 1. The fraction of sp³-hybridized carbons (Fsp3) is 0.167. The van der Waals surface area contributed by atoms with Crippen LogP contribution in [0.2, 0.25) is 0 Å². The number of H-pyrrole nitrogens is 1. The number of benzene rings is 2. The number of hydrogen-bond acceptors (Lipinski definition) is 1. The van der Waals surface area contributed by atoms with Crippen LogP contribution in [0.25, 0.3) is 10.9 Å². The fourth-order valence-corrected chi connectivity index (χ4v) is 2.67. The van der Waals surface area contributed by atoms with E-state index in [2.05, 4.69) is 4.98 Å². The van der Waals surface area contributed by atoms with Gasteiger partial charge in [-0.1, -0.05) is 18.2 Å². The van der Waals surface area contributed by atoms with Crippen molar-refractivity contribution in [3.63, 3.8) is 0 Å². The molecule has 1 aromatic heterocycles. The number of carbonyl (C=O) groups is 1. The van der Waals surface area contributed by atoms with Crippen molar-refractivity contribution in [2.75, 3.05) is 11.4 Å². The first-order chi connectivity index (χ1) is 10.7. The predicted octanol–water partition coefficient (Wildman–Crippen LogP) is 3.90. The first-order valence-electron chi connectivity index (χ1n) is 7.30. The lowest BCUT2D eigenvalue weighted by molar-refractivity contribution is -0.117. The zero-order valence-electron chi connectivity index (χ0n) is 12.3. The molecule has 3 rings (SSSR count). The van der Waals surface area contributed by atoms with Crippen molar-refractivity contribution in [2.45, 2.75) is 13.3 Å². The standard InChI is InChI=1S/C18H17FN2O/c1-2-21(15-6-4-3-5-7-15)18(22)10-13-12-20-17-11-14(19)8-9-16(13)17/h3-9,11-12,20H,2,10H2,1H3. The second-order valence-electron chi connectivity index (χ2n) is 5.15. The molecule has 0 atom stereocenters. The van der Waals surface area contributed by atoms with Gasteiger partial charge in [0.1, 0.15) is 5.82 Å². The van der Waals surface area contributed by atoms with Gasteiger partial charge in [-0.3, -0.25) is 4.79 Å². The molecule has 4 heteroatoms. The molecule has 0 aliphatic rings. The Morgan fingerprint density at radius 3 is 2.68 bits per heavy atom. The molecule has 1 N–H and O–H groups in total. The van der Waals surface area contributed by atoms with Crippen LogP contribution in [0.15, 0.2) is 54.7 Å². The Hall–Kier alpha value is -2.62. The van der Waals surface area contributed by atoms with Gasteiger partial charge in [0.25, 0.3) is 0 Å². The molecule has 0 unspecified atom stereocenters. The first kappa shape index (κ1) is 14.3. The molecular formula is C18H17FN2O. The summed E-state index contributed by atoms with van der Waals surface area (Å²) in [4.78, 5) is 17.4.